The molecule has 0 bridgehead atoms. The maximum Gasteiger partial charge on any atom is 0.337 e. The Morgan fingerprint density at radius 3 is 2.95 bits per heavy atom. The van der Waals surface area contributed by atoms with Gasteiger partial charge in [-0.3, -0.25) is 4.90 Å². The number of piperazine rings is 1. The van der Waals surface area contributed by atoms with Gasteiger partial charge in [-0.2, -0.15) is 0 Å². The van der Waals surface area contributed by atoms with Crippen LogP contribution in [-0.4, -0.2) is 48.2 Å². The lowest BCUT2D eigenvalue weighted by atomic mass is 10.1. The van der Waals surface area contributed by atoms with Crippen molar-refractivity contribution in [3.8, 4) is 0 Å². The number of anilines is 1. The Morgan fingerprint density at radius 1 is 1.32 bits per heavy atom. The zero-order valence-corrected chi connectivity index (χ0v) is 11.4. The second-order valence-corrected chi connectivity index (χ2v) is 5.68. The molecule has 19 heavy (non-hydrogen) atoms. The normalized spacial score (nSPS) is 23.4. The van der Waals surface area contributed by atoms with Gasteiger partial charge in [-0.15, -0.1) is 0 Å². The number of carboxylic acids is 1. The van der Waals surface area contributed by atoms with Crippen LogP contribution in [0.1, 0.15) is 23.2 Å². The van der Waals surface area contributed by atoms with Crippen LogP contribution in [0.5, 0.6) is 0 Å². The van der Waals surface area contributed by atoms with Crippen molar-refractivity contribution in [2.45, 2.75) is 18.9 Å². The van der Waals surface area contributed by atoms with Crippen molar-refractivity contribution < 1.29 is 9.90 Å². The monoisotopic (exact) mass is 280 g/mol. The van der Waals surface area contributed by atoms with E-state index in [0.29, 0.717) is 16.6 Å². The number of fused-ring (bicyclic) bond motifs is 1. The van der Waals surface area contributed by atoms with E-state index in [1.54, 1.807) is 12.1 Å². The fourth-order valence-corrected chi connectivity index (χ4v) is 3.34. The molecule has 1 N–H and O–H groups in total. The van der Waals surface area contributed by atoms with E-state index in [1.807, 2.05) is 6.07 Å². The summed E-state index contributed by atoms with van der Waals surface area (Å²) in [7, 11) is 0. The van der Waals surface area contributed by atoms with Crippen molar-refractivity contribution in [3.63, 3.8) is 0 Å². The smallest absolute Gasteiger partial charge is 0.337 e. The zero-order valence-electron chi connectivity index (χ0n) is 10.7. The van der Waals surface area contributed by atoms with Gasteiger partial charge in [-0.25, -0.2) is 4.79 Å². The maximum atomic E-state index is 11.3. The number of carbonyl (C=O) groups is 1. The molecule has 2 aliphatic rings. The van der Waals surface area contributed by atoms with E-state index in [2.05, 4.69) is 9.80 Å². The highest BCUT2D eigenvalue weighted by molar-refractivity contribution is 6.31. The number of halogens is 1. The van der Waals surface area contributed by atoms with Crippen LogP contribution in [0.4, 0.5) is 5.69 Å². The number of nitrogens with zero attached hydrogens (tertiary/aromatic N) is 2. The lowest BCUT2D eigenvalue weighted by Crippen LogP contribution is -2.50. The van der Waals surface area contributed by atoms with Crippen molar-refractivity contribution in [2.75, 3.05) is 31.1 Å². The standard InChI is InChI=1S/C14H17ClN2O2/c15-10-3-4-13(12(8-10)14(18)19)17-7-6-16-5-1-2-11(16)9-17/h3-4,8,11H,1-2,5-7,9H2,(H,18,19). The van der Waals surface area contributed by atoms with Gasteiger partial charge in [-0.05, 0) is 37.6 Å². The minimum atomic E-state index is -0.911. The zero-order chi connectivity index (χ0) is 13.4. The SMILES string of the molecule is O=C(O)c1cc(Cl)ccc1N1CCN2CCCC2C1. The summed E-state index contributed by atoms with van der Waals surface area (Å²) in [6.07, 6.45) is 2.47. The van der Waals surface area contributed by atoms with E-state index < -0.39 is 5.97 Å². The van der Waals surface area contributed by atoms with Gasteiger partial charge in [0.2, 0.25) is 0 Å². The highest BCUT2D eigenvalue weighted by Gasteiger charge is 2.31. The molecular weight excluding hydrogens is 264 g/mol. The Balaban J connectivity index is 1.87. The number of benzene rings is 1. The third kappa shape index (κ3) is 2.42. The van der Waals surface area contributed by atoms with Crippen molar-refractivity contribution in [1.29, 1.82) is 0 Å². The van der Waals surface area contributed by atoms with Gasteiger partial charge in [0.1, 0.15) is 0 Å². The van der Waals surface area contributed by atoms with Crippen LogP contribution >= 0.6 is 11.6 Å². The first kappa shape index (κ1) is 12.8. The van der Waals surface area contributed by atoms with Crippen LogP contribution in [0.3, 0.4) is 0 Å². The van der Waals surface area contributed by atoms with Crippen molar-refractivity contribution in [3.05, 3.63) is 28.8 Å². The lowest BCUT2D eigenvalue weighted by Gasteiger charge is -2.39. The predicted molar refractivity (Wildman–Crippen MR) is 75.2 cm³/mol. The van der Waals surface area contributed by atoms with Gasteiger partial charge in [0.15, 0.2) is 0 Å². The fourth-order valence-electron chi connectivity index (χ4n) is 3.17. The van der Waals surface area contributed by atoms with E-state index in [1.165, 1.54) is 19.4 Å². The van der Waals surface area contributed by atoms with E-state index in [-0.39, 0.29) is 0 Å². The van der Waals surface area contributed by atoms with Crippen LogP contribution in [0, 0.1) is 0 Å². The average Bonchev–Trinajstić information content (AvgIpc) is 2.85. The molecule has 0 aromatic heterocycles. The van der Waals surface area contributed by atoms with Crippen LogP contribution in [0.25, 0.3) is 0 Å². The summed E-state index contributed by atoms with van der Waals surface area (Å²) >= 11 is 5.90. The third-order valence-corrected chi connectivity index (χ3v) is 4.35. The van der Waals surface area contributed by atoms with Crippen molar-refractivity contribution in [1.82, 2.24) is 4.90 Å². The van der Waals surface area contributed by atoms with Crippen LogP contribution in [0.15, 0.2) is 18.2 Å². The first-order valence-electron chi connectivity index (χ1n) is 6.67. The molecule has 1 atom stereocenters. The van der Waals surface area contributed by atoms with E-state index >= 15 is 0 Å². The molecule has 0 saturated carbocycles. The topological polar surface area (TPSA) is 43.8 Å². The number of carboxylic acid groups (broad SMARTS) is 1. The minimum Gasteiger partial charge on any atom is -0.478 e. The number of aromatic carboxylic acids is 1. The molecule has 1 aromatic carbocycles. The summed E-state index contributed by atoms with van der Waals surface area (Å²) in [6, 6.07) is 5.71. The summed E-state index contributed by atoms with van der Waals surface area (Å²) < 4.78 is 0. The van der Waals surface area contributed by atoms with Crippen molar-refractivity contribution >= 4 is 23.3 Å². The molecule has 5 heteroatoms. The summed E-state index contributed by atoms with van der Waals surface area (Å²) in [6.45, 7) is 4.01. The summed E-state index contributed by atoms with van der Waals surface area (Å²) in [5.41, 5.74) is 1.10. The number of rotatable bonds is 2. The van der Waals surface area contributed by atoms with Crippen LogP contribution in [-0.2, 0) is 0 Å². The molecule has 2 heterocycles. The number of hydrogen-bond acceptors (Lipinski definition) is 3. The second kappa shape index (κ2) is 5.02. The second-order valence-electron chi connectivity index (χ2n) is 5.24. The Labute approximate surface area is 117 Å². The molecule has 4 nitrogen and oxygen atoms in total. The van der Waals surface area contributed by atoms with Gasteiger partial charge in [-0.1, -0.05) is 11.6 Å². The third-order valence-electron chi connectivity index (χ3n) is 4.12. The Morgan fingerprint density at radius 2 is 2.16 bits per heavy atom. The summed E-state index contributed by atoms with van der Waals surface area (Å²) in [5.74, 6) is -0.911. The van der Waals surface area contributed by atoms with Gasteiger partial charge < -0.3 is 10.0 Å². The molecule has 1 aromatic rings. The Hall–Kier alpha value is -1.26. The minimum absolute atomic E-state index is 0.305. The molecule has 0 aliphatic carbocycles. The Kier molecular flexibility index (Phi) is 3.37. The number of hydrogen-bond donors (Lipinski definition) is 1. The molecule has 0 radical (unpaired) electrons. The molecule has 0 amide bonds. The molecule has 2 aliphatic heterocycles. The van der Waals surface area contributed by atoms with Gasteiger partial charge in [0, 0.05) is 30.7 Å². The first-order valence-corrected chi connectivity index (χ1v) is 7.05. The molecule has 2 fully saturated rings. The molecule has 2 saturated heterocycles. The highest BCUT2D eigenvalue weighted by Crippen LogP contribution is 2.29. The van der Waals surface area contributed by atoms with Gasteiger partial charge >= 0.3 is 5.97 Å². The first-order chi connectivity index (χ1) is 9.15. The fraction of sp³-hybridized carbons (Fsp3) is 0.500. The van der Waals surface area contributed by atoms with E-state index in [0.717, 1.165) is 25.3 Å². The molecule has 3 rings (SSSR count). The Bertz CT molecular complexity index is 506. The maximum absolute atomic E-state index is 11.3. The molecule has 1 unspecified atom stereocenters. The van der Waals surface area contributed by atoms with Gasteiger partial charge in [0.05, 0.1) is 11.3 Å². The summed E-state index contributed by atoms with van der Waals surface area (Å²) in [4.78, 5) is 16.0. The molecular formula is C14H17ClN2O2. The van der Waals surface area contributed by atoms with Crippen LogP contribution in [0.2, 0.25) is 5.02 Å². The average molecular weight is 281 g/mol. The molecule has 102 valence electrons. The van der Waals surface area contributed by atoms with E-state index in [9.17, 15) is 9.90 Å². The quantitative estimate of drug-likeness (QED) is 0.903. The highest BCUT2D eigenvalue weighted by atomic mass is 35.5. The van der Waals surface area contributed by atoms with Gasteiger partial charge in [0.25, 0.3) is 0 Å². The lowest BCUT2D eigenvalue weighted by molar-refractivity contribution is 0.0697. The summed E-state index contributed by atoms with van der Waals surface area (Å²) in [5, 5.41) is 9.79. The van der Waals surface area contributed by atoms with E-state index in [4.69, 9.17) is 11.6 Å². The van der Waals surface area contributed by atoms with Crippen molar-refractivity contribution in [2.24, 2.45) is 0 Å². The largest absolute Gasteiger partial charge is 0.478 e. The predicted octanol–water partition coefficient (Wildman–Crippen LogP) is 2.32. The van der Waals surface area contributed by atoms with Crippen LogP contribution < -0.4 is 4.90 Å². The molecule has 0 spiro atoms.